The first-order chi connectivity index (χ1) is 10.4. The zero-order valence-corrected chi connectivity index (χ0v) is 13.3. The standard InChI is InChI=1S/C16H24N2O4/c1-15(4-3-12(19)17-10-15)14(21)18-7-5-16(6-8-18)9-11(16)13(20)22-2/h11H,3-10H2,1-2H3,(H,17,19)/t11-,15+/m1/s1. The van der Waals surface area contributed by atoms with E-state index in [0.29, 0.717) is 32.5 Å². The predicted octanol–water partition coefficient (Wildman–Crippen LogP) is 0.704. The molecule has 1 spiro atoms. The number of nitrogens with zero attached hydrogens (tertiary/aromatic N) is 1. The van der Waals surface area contributed by atoms with Crippen molar-refractivity contribution in [3.63, 3.8) is 0 Å². The summed E-state index contributed by atoms with van der Waals surface area (Å²) in [6.45, 7) is 3.77. The topological polar surface area (TPSA) is 75.7 Å². The van der Waals surface area contributed by atoms with E-state index in [0.717, 1.165) is 19.3 Å². The molecule has 2 amide bonds. The largest absolute Gasteiger partial charge is 0.469 e. The van der Waals surface area contributed by atoms with Crippen molar-refractivity contribution in [3.05, 3.63) is 0 Å². The monoisotopic (exact) mass is 308 g/mol. The highest BCUT2D eigenvalue weighted by atomic mass is 16.5. The number of hydrogen-bond acceptors (Lipinski definition) is 4. The van der Waals surface area contributed by atoms with Crippen molar-refractivity contribution in [2.75, 3.05) is 26.7 Å². The van der Waals surface area contributed by atoms with Gasteiger partial charge < -0.3 is 15.0 Å². The molecule has 1 N–H and O–H groups in total. The molecule has 0 radical (unpaired) electrons. The molecule has 0 bridgehead atoms. The average Bonchev–Trinajstić information content (AvgIpc) is 3.23. The van der Waals surface area contributed by atoms with E-state index in [9.17, 15) is 14.4 Å². The van der Waals surface area contributed by atoms with Crippen molar-refractivity contribution in [1.82, 2.24) is 10.2 Å². The molecule has 22 heavy (non-hydrogen) atoms. The third kappa shape index (κ3) is 2.48. The molecule has 3 rings (SSSR count). The zero-order valence-electron chi connectivity index (χ0n) is 13.3. The lowest BCUT2D eigenvalue weighted by Crippen LogP contribution is -2.53. The summed E-state index contributed by atoms with van der Waals surface area (Å²) in [5.74, 6) is 0.0837. The fraction of sp³-hybridized carbons (Fsp3) is 0.812. The van der Waals surface area contributed by atoms with Crippen LogP contribution in [0.2, 0.25) is 0 Å². The number of esters is 1. The summed E-state index contributed by atoms with van der Waals surface area (Å²) in [6.07, 6.45) is 3.69. The molecule has 6 nitrogen and oxygen atoms in total. The fourth-order valence-electron chi connectivity index (χ4n) is 3.96. The first-order valence-electron chi connectivity index (χ1n) is 8.04. The minimum absolute atomic E-state index is 0.0271. The van der Waals surface area contributed by atoms with E-state index in [1.165, 1.54) is 7.11 Å². The Labute approximate surface area is 130 Å². The summed E-state index contributed by atoms with van der Waals surface area (Å²) in [7, 11) is 1.44. The predicted molar refractivity (Wildman–Crippen MR) is 78.7 cm³/mol. The Morgan fingerprint density at radius 1 is 1.27 bits per heavy atom. The Hall–Kier alpha value is -1.59. The molecule has 2 saturated heterocycles. The highest BCUT2D eigenvalue weighted by molar-refractivity contribution is 5.86. The summed E-state index contributed by atoms with van der Waals surface area (Å²) in [5, 5.41) is 2.80. The van der Waals surface area contributed by atoms with Crippen LogP contribution in [-0.2, 0) is 19.1 Å². The van der Waals surface area contributed by atoms with Gasteiger partial charge in [-0.1, -0.05) is 0 Å². The van der Waals surface area contributed by atoms with Crippen LogP contribution in [0, 0.1) is 16.7 Å². The first kappa shape index (κ1) is 15.3. The molecular formula is C16H24N2O4. The van der Waals surface area contributed by atoms with Gasteiger partial charge in [-0.3, -0.25) is 14.4 Å². The summed E-state index contributed by atoms with van der Waals surface area (Å²) in [6, 6.07) is 0. The number of nitrogens with one attached hydrogen (secondary N) is 1. The summed E-state index contributed by atoms with van der Waals surface area (Å²) in [5.41, 5.74) is -0.407. The van der Waals surface area contributed by atoms with E-state index in [1.54, 1.807) is 0 Å². The van der Waals surface area contributed by atoms with Crippen molar-refractivity contribution in [2.45, 2.75) is 39.0 Å². The normalized spacial score (nSPS) is 33.3. The van der Waals surface area contributed by atoms with Crippen LogP contribution in [0.4, 0.5) is 0 Å². The summed E-state index contributed by atoms with van der Waals surface area (Å²) in [4.78, 5) is 37.6. The van der Waals surface area contributed by atoms with Gasteiger partial charge in [0.1, 0.15) is 0 Å². The Morgan fingerprint density at radius 2 is 1.95 bits per heavy atom. The Morgan fingerprint density at radius 3 is 2.50 bits per heavy atom. The van der Waals surface area contributed by atoms with Crippen LogP contribution in [0.5, 0.6) is 0 Å². The number of hydrogen-bond donors (Lipinski definition) is 1. The van der Waals surface area contributed by atoms with Gasteiger partial charge in [0.25, 0.3) is 0 Å². The second-order valence-electron chi connectivity index (χ2n) is 7.27. The van der Waals surface area contributed by atoms with E-state index < -0.39 is 5.41 Å². The third-order valence-corrected chi connectivity index (χ3v) is 5.82. The minimum atomic E-state index is -0.482. The maximum absolute atomic E-state index is 12.8. The number of carbonyl (C=O) groups is 3. The molecule has 3 fully saturated rings. The van der Waals surface area contributed by atoms with Crippen LogP contribution >= 0.6 is 0 Å². The van der Waals surface area contributed by atoms with Gasteiger partial charge in [0.2, 0.25) is 11.8 Å². The van der Waals surface area contributed by atoms with E-state index in [1.807, 2.05) is 11.8 Å². The number of likely N-dealkylation sites (tertiary alicyclic amines) is 1. The lowest BCUT2D eigenvalue weighted by atomic mass is 9.80. The summed E-state index contributed by atoms with van der Waals surface area (Å²) >= 11 is 0. The summed E-state index contributed by atoms with van der Waals surface area (Å²) < 4.78 is 4.84. The maximum atomic E-state index is 12.8. The van der Waals surface area contributed by atoms with Gasteiger partial charge in [-0.25, -0.2) is 0 Å². The molecule has 2 heterocycles. The van der Waals surface area contributed by atoms with Gasteiger partial charge in [0, 0.05) is 26.1 Å². The van der Waals surface area contributed by atoms with Gasteiger partial charge >= 0.3 is 5.97 Å². The van der Waals surface area contributed by atoms with Crippen molar-refractivity contribution >= 4 is 17.8 Å². The molecule has 0 aromatic heterocycles. The molecule has 122 valence electrons. The second kappa shape index (κ2) is 5.25. The minimum Gasteiger partial charge on any atom is -0.469 e. The first-order valence-corrected chi connectivity index (χ1v) is 8.04. The van der Waals surface area contributed by atoms with Gasteiger partial charge in [-0.2, -0.15) is 0 Å². The average molecular weight is 308 g/mol. The van der Waals surface area contributed by atoms with Crippen molar-refractivity contribution in [1.29, 1.82) is 0 Å². The van der Waals surface area contributed by atoms with Gasteiger partial charge in [-0.15, -0.1) is 0 Å². The Balaban J connectivity index is 1.57. The number of piperidine rings is 2. The molecule has 2 aliphatic heterocycles. The Bertz CT molecular complexity index is 498. The molecule has 6 heteroatoms. The SMILES string of the molecule is COC(=O)[C@H]1CC12CCN(C(=O)[C@@]1(C)CCC(=O)NC1)CC2. The number of carbonyl (C=O) groups excluding carboxylic acids is 3. The smallest absolute Gasteiger partial charge is 0.309 e. The van der Waals surface area contributed by atoms with Crippen LogP contribution < -0.4 is 5.32 Å². The van der Waals surface area contributed by atoms with E-state index in [4.69, 9.17) is 4.74 Å². The highest BCUT2D eigenvalue weighted by Gasteiger charge is 2.59. The van der Waals surface area contributed by atoms with E-state index in [-0.39, 0.29) is 29.1 Å². The number of rotatable bonds is 2. The quantitative estimate of drug-likeness (QED) is 0.762. The molecule has 2 atom stereocenters. The fourth-order valence-corrected chi connectivity index (χ4v) is 3.96. The van der Waals surface area contributed by atoms with Crippen LogP contribution in [0.3, 0.4) is 0 Å². The van der Waals surface area contributed by atoms with Crippen LogP contribution in [0.1, 0.15) is 39.0 Å². The van der Waals surface area contributed by atoms with Crippen molar-refractivity contribution in [3.8, 4) is 0 Å². The van der Waals surface area contributed by atoms with Crippen LogP contribution in [-0.4, -0.2) is 49.4 Å². The van der Waals surface area contributed by atoms with Gasteiger partial charge in [0.15, 0.2) is 0 Å². The van der Waals surface area contributed by atoms with Crippen molar-refractivity contribution in [2.24, 2.45) is 16.7 Å². The van der Waals surface area contributed by atoms with Gasteiger partial charge in [-0.05, 0) is 38.0 Å². The number of ether oxygens (including phenoxy) is 1. The number of methoxy groups -OCH3 is 1. The van der Waals surface area contributed by atoms with E-state index in [2.05, 4.69) is 5.32 Å². The molecule has 1 saturated carbocycles. The van der Waals surface area contributed by atoms with Crippen LogP contribution in [0.25, 0.3) is 0 Å². The Kier molecular flexibility index (Phi) is 3.65. The lowest BCUT2D eigenvalue weighted by molar-refractivity contribution is -0.146. The van der Waals surface area contributed by atoms with E-state index >= 15 is 0 Å². The molecule has 0 aromatic rings. The molecule has 1 aliphatic carbocycles. The van der Waals surface area contributed by atoms with Crippen molar-refractivity contribution < 1.29 is 19.1 Å². The zero-order chi connectivity index (χ0) is 16.0. The number of amides is 2. The highest BCUT2D eigenvalue weighted by Crippen LogP contribution is 2.59. The van der Waals surface area contributed by atoms with Crippen LogP contribution in [0.15, 0.2) is 0 Å². The third-order valence-electron chi connectivity index (χ3n) is 5.82. The molecular weight excluding hydrogens is 284 g/mol. The maximum Gasteiger partial charge on any atom is 0.309 e. The molecule has 0 unspecified atom stereocenters. The lowest BCUT2D eigenvalue weighted by Gasteiger charge is -2.40. The van der Waals surface area contributed by atoms with Gasteiger partial charge in [0.05, 0.1) is 18.4 Å². The molecule has 3 aliphatic rings. The molecule has 0 aromatic carbocycles. The second-order valence-corrected chi connectivity index (χ2v) is 7.27.